The molecule has 0 saturated carbocycles. The molecule has 3 aliphatic heterocycles. The molecule has 0 spiro atoms. The molecule has 0 radical (unpaired) electrons. The number of nitro groups is 1. The lowest BCUT2D eigenvalue weighted by Gasteiger charge is -2.28. The summed E-state index contributed by atoms with van der Waals surface area (Å²) in [6.07, 6.45) is -1.49. The maximum atomic E-state index is 11.0. The van der Waals surface area contributed by atoms with E-state index in [0.29, 0.717) is 13.2 Å². The number of carbonyl (C=O) groups excluding carboxylic acids is 1. The third-order valence-electron chi connectivity index (χ3n) is 5.51. The molecule has 15 nitrogen and oxygen atoms in total. The number of aliphatic hydroxyl groups is 2. The van der Waals surface area contributed by atoms with Crippen molar-refractivity contribution in [2.24, 2.45) is 5.10 Å². The maximum Gasteiger partial charge on any atom is 0.433 e. The number of carbonyl (C=O) groups is 1. The van der Waals surface area contributed by atoms with Gasteiger partial charge in [-0.1, -0.05) is 0 Å². The number of rotatable bonds is 10. The van der Waals surface area contributed by atoms with Gasteiger partial charge in [0.05, 0.1) is 25.4 Å². The van der Waals surface area contributed by atoms with Crippen molar-refractivity contribution < 1.29 is 48.0 Å². The highest BCUT2D eigenvalue weighted by Gasteiger charge is 2.56. The van der Waals surface area contributed by atoms with Crippen LogP contribution in [0.4, 0.5) is 10.7 Å². The lowest BCUT2D eigenvalue weighted by atomic mass is 10.1. The van der Waals surface area contributed by atoms with Gasteiger partial charge in [0.15, 0.2) is 17.8 Å². The third kappa shape index (κ3) is 8.57. The molecule has 0 bridgehead atoms. The normalized spacial score (nSPS) is 26.6. The molecule has 16 heteroatoms. The van der Waals surface area contributed by atoms with Gasteiger partial charge in [0.2, 0.25) is 0 Å². The number of amides is 1. The fourth-order valence-electron chi connectivity index (χ4n) is 3.83. The van der Waals surface area contributed by atoms with Crippen molar-refractivity contribution in [1.82, 2.24) is 9.91 Å². The molecule has 2 N–H and O–H groups in total. The van der Waals surface area contributed by atoms with Crippen molar-refractivity contribution in [3.05, 3.63) is 28.0 Å². The van der Waals surface area contributed by atoms with Gasteiger partial charge in [-0.2, -0.15) is 10.1 Å². The van der Waals surface area contributed by atoms with Gasteiger partial charge in [-0.25, -0.2) is 4.79 Å². The molecule has 3 aliphatic rings. The fraction of sp³-hybridized carbons (Fsp3) is 0.727. The molecule has 38 heavy (non-hydrogen) atoms. The number of ether oxygens (including phenoxy) is 5. The summed E-state index contributed by atoms with van der Waals surface area (Å²) in [5.41, 5.74) is 0. The van der Waals surface area contributed by atoms with Crippen LogP contribution >= 0.6 is 12.4 Å². The number of halogens is 1. The zero-order valence-corrected chi connectivity index (χ0v) is 22.4. The Morgan fingerprint density at radius 1 is 1.37 bits per heavy atom. The summed E-state index contributed by atoms with van der Waals surface area (Å²) in [4.78, 5) is 22.7. The quantitative estimate of drug-likeness (QED) is 0.177. The fourth-order valence-corrected chi connectivity index (χ4v) is 3.83. The van der Waals surface area contributed by atoms with Crippen LogP contribution in [0.1, 0.15) is 26.0 Å². The van der Waals surface area contributed by atoms with Crippen molar-refractivity contribution in [2.75, 3.05) is 47.0 Å². The van der Waals surface area contributed by atoms with Gasteiger partial charge in [0.25, 0.3) is 0 Å². The van der Waals surface area contributed by atoms with Crippen LogP contribution in [0.15, 0.2) is 21.7 Å². The van der Waals surface area contributed by atoms with Crippen LogP contribution in [0.3, 0.4) is 0 Å². The lowest BCUT2D eigenvalue weighted by Crippen LogP contribution is -2.44. The first-order chi connectivity index (χ1) is 17.5. The van der Waals surface area contributed by atoms with Crippen LogP contribution in [0, 0.1) is 10.1 Å². The van der Waals surface area contributed by atoms with Gasteiger partial charge in [0.1, 0.15) is 35.9 Å². The molecule has 3 fully saturated rings. The molecule has 3 saturated heterocycles. The number of fused-ring (bicyclic) bond motifs is 1. The Morgan fingerprint density at radius 3 is 2.68 bits per heavy atom. The molecule has 0 aromatic carbocycles. The summed E-state index contributed by atoms with van der Waals surface area (Å²) < 4.78 is 32.4. The molecule has 5 unspecified atom stereocenters. The summed E-state index contributed by atoms with van der Waals surface area (Å²) in [6.45, 7) is 5.34. The van der Waals surface area contributed by atoms with Crippen molar-refractivity contribution in [3.8, 4) is 0 Å². The Morgan fingerprint density at radius 2 is 2.11 bits per heavy atom. The first-order valence-electron chi connectivity index (χ1n) is 11.8. The molecule has 4 heterocycles. The highest BCUT2D eigenvalue weighted by molar-refractivity contribution is 5.85. The highest BCUT2D eigenvalue weighted by atomic mass is 35.5. The number of hydrogen-bond acceptors (Lipinski definition) is 13. The van der Waals surface area contributed by atoms with Crippen molar-refractivity contribution in [2.45, 2.75) is 56.8 Å². The predicted octanol–water partition coefficient (Wildman–Crippen LogP) is 0.949. The SMILES string of the molecule is CN(C)CCCOC1C(C(O)CO)OC2OC(C)(C)OC21.Cl.O=C1OCCN1N=Cc1ccc([N+](=O)[O-])o1. The van der Waals surface area contributed by atoms with Crippen molar-refractivity contribution in [3.63, 3.8) is 0 Å². The van der Waals surface area contributed by atoms with Gasteiger partial charge in [-0.15, -0.1) is 12.4 Å². The van der Waals surface area contributed by atoms with Crippen molar-refractivity contribution >= 4 is 30.6 Å². The minimum Gasteiger partial charge on any atom is -0.446 e. The average Bonchev–Trinajstić information content (AvgIpc) is 3.59. The average molecular weight is 567 g/mol. The number of furan rings is 1. The van der Waals surface area contributed by atoms with E-state index in [1.54, 1.807) is 0 Å². The first kappa shape index (κ1) is 31.8. The van der Waals surface area contributed by atoms with Gasteiger partial charge in [0, 0.05) is 6.61 Å². The molecule has 1 aromatic rings. The Labute approximate surface area is 225 Å². The molecular formula is C22H35ClN4O11. The number of cyclic esters (lactones) is 1. The monoisotopic (exact) mass is 566 g/mol. The number of hydrazone groups is 1. The molecule has 5 atom stereocenters. The van der Waals surface area contributed by atoms with Crippen LogP contribution < -0.4 is 0 Å². The lowest BCUT2D eigenvalue weighted by molar-refractivity contribution is -0.402. The summed E-state index contributed by atoms with van der Waals surface area (Å²) in [6, 6.07) is 2.60. The summed E-state index contributed by atoms with van der Waals surface area (Å²) >= 11 is 0. The molecule has 4 rings (SSSR count). The third-order valence-corrected chi connectivity index (χ3v) is 5.51. The van der Waals surface area contributed by atoms with E-state index >= 15 is 0 Å². The largest absolute Gasteiger partial charge is 0.446 e. The van der Waals surface area contributed by atoms with Gasteiger partial charge >= 0.3 is 12.0 Å². The van der Waals surface area contributed by atoms with E-state index in [-0.39, 0.29) is 43.4 Å². The van der Waals surface area contributed by atoms with Crippen molar-refractivity contribution in [1.29, 1.82) is 0 Å². The van der Waals surface area contributed by atoms with E-state index in [0.717, 1.165) is 18.0 Å². The van der Waals surface area contributed by atoms with Crippen LogP contribution in [0.2, 0.25) is 0 Å². The Hall–Kier alpha value is -2.37. The van der Waals surface area contributed by atoms with Gasteiger partial charge < -0.3 is 43.2 Å². The zero-order valence-electron chi connectivity index (χ0n) is 21.6. The van der Waals surface area contributed by atoms with E-state index in [1.165, 1.54) is 18.3 Å². The molecule has 1 aromatic heterocycles. The predicted molar refractivity (Wildman–Crippen MR) is 133 cm³/mol. The Bertz CT molecular complexity index is 944. The maximum absolute atomic E-state index is 11.0. The molecule has 1 amide bonds. The number of aliphatic hydroxyl groups excluding tert-OH is 2. The Kier molecular flexibility index (Phi) is 11.8. The highest BCUT2D eigenvalue weighted by Crippen LogP contribution is 2.39. The summed E-state index contributed by atoms with van der Waals surface area (Å²) in [7, 11) is 4.01. The minimum absolute atomic E-state index is 0. The summed E-state index contributed by atoms with van der Waals surface area (Å²) in [5.74, 6) is -0.896. The van der Waals surface area contributed by atoms with Crippen LogP contribution in [0.5, 0.6) is 0 Å². The smallest absolute Gasteiger partial charge is 0.433 e. The van der Waals surface area contributed by atoms with Gasteiger partial charge in [-0.3, -0.25) is 10.1 Å². The molecular weight excluding hydrogens is 532 g/mol. The summed E-state index contributed by atoms with van der Waals surface area (Å²) in [5, 5.41) is 34.2. The van der Waals surface area contributed by atoms with E-state index in [1.807, 2.05) is 27.9 Å². The van der Waals surface area contributed by atoms with E-state index in [9.17, 15) is 20.0 Å². The van der Waals surface area contributed by atoms with Crippen LogP contribution in [0.25, 0.3) is 0 Å². The van der Waals surface area contributed by atoms with E-state index in [4.69, 9.17) is 28.5 Å². The van der Waals surface area contributed by atoms with E-state index in [2.05, 4.69) is 14.7 Å². The zero-order chi connectivity index (χ0) is 27.2. The van der Waals surface area contributed by atoms with Crippen LogP contribution in [-0.4, -0.2) is 121 Å². The topological polar surface area (TPSA) is 179 Å². The molecule has 216 valence electrons. The minimum atomic E-state index is -1.01. The van der Waals surface area contributed by atoms with Gasteiger partial charge in [-0.05, 0) is 47.0 Å². The second-order valence-electron chi connectivity index (χ2n) is 9.23. The second-order valence-corrected chi connectivity index (χ2v) is 9.23. The van der Waals surface area contributed by atoms with Crippen LogP contribution in [-0.2, 0) is 23.7 Å². The first-order valence-corrected chi connectivity index (χ1v) is 11.8. The standard InChI is InChI=1S/C14H27NO6.C8H7N3O5.ClH/c1-14(2)20-12-11(18-7-5-6-15(3)4)10(9(17)8-16)19-13(12)21-14;12-8-10(3-4-15-8)9-5-6-1-2-7(16-6)11(13)14;/h9-13,16-17H,5-8H2,1-4H3;1-2,5H,3-4H2;1H. The van der Waals surface area contributed by atoms with E-state index < -0.39 is 41.4 Å². The molecule has 0 aliphatic carbocycles. The number of hydrogen-bond donors (Lipinski definition) is 2. The Balaban J connectivity index is 0.000000269. The second kappa shape index (κ2) is 14.1. The number of nitrogens with zero attached hydrogens (tertiary/aromatic N) is 4.